The van der Waals surface area contributed by atoms with E-state index in [1.165, 1.54) is 4.57 Å². The highest BCUT2D eigenvalue weighted by Crippen LogP contribution is 2.14. The topological polar surface area (TPSA) is 47.2 Å². The highest BCUT2D eigenvalue weighted by atomic mass is 32.1. The van der Waals surface area contributed by atoms with Gasteiger partial charge in [-0.25, -0.2) is 4.79 Å². The molecule has 0 saturated carbocycles. The summed E-state index contributed by atoms with van der Waals surface area (Å²) in [7, 11) is 1.76. The lowest BCUT2D eigenvalue weighted by Gasteiger charge is -2.28. The summed E-state index contributed by atoms with van der Waals surface area (Å²) in [5, 5.41) is 2.01. The molecule has 0 fully saturated rings. The number of hydrogen-bond acceptors (Lipinski definition) is 4. The zero-order valence-corrected chi connectivity index (χ0v) is 16.5. The lowest BCUT2D eigenvalue weighted by Crippen LogP contribution is -2.47. The summed E-state index contributed by atoms with van der Waals surface area (Å²) in [5.74, 6) is 6.36. The summed E-state index contributed by atoms with van der Waals surface area (Å²) in [5.41, 5.74) is 2.07. The van der Waals surface area contributed by atoms with Gasteiger partial charge in [0.25, 0.3) is 5.56 Å². The van der Waals surface area contributed by atoms with E-state index in [-0.39, 0.29) is 17.8 Å². The van der Waals surface area contributed by atoms with E-state index in [2.05, 4.69) is 16.7 Å². The Kier molecular flexibility index (Phi) is 5.29. The van der Waals surface area contributed by atoms with E-state index in [0.29, 0.717) is 25.1 Å². The summed E-state index contributed by atoms with van der Waals surface area (Å²) < 4.78 is 2.98. The van der Waals surface area contributed by atoms with Crippen molar-refractivity contribution in [3.8, 4) is 11.8 Å². The number of nitrogens with zero attached hydrogens (tertiary/aromatic N) is 3. The first-order valence-corrected chi connectivity index (χ1v) is 10.1. The number of aromatic nitrogens is 2. The molecule has 4 rings (SSSR count). The zero-order valence-electron chi connectivity index (χ0n) is 15.7. The third-order valence-electron chi connectivity index (χ3n) is 5.04. The second-order valence-electron chi connectivity index (χ2n) is 6.88. The molecule has 3 heterocycles. The van der Waals surface area contributed by atoms with Crippen LogP contribution in [0.15, 0.2) is 57.4 Å². The fourth-order valence-corrected chi connectivity index (χ4v) is 4.14. The van der Waals surface area contributed by atoms with Gasteiger partial charge >= 0.3 is 5.69 Å². The average molecular weight is 391 g/mol. The molecule has 142 valence electrons. The van der Waals surface area contributed by atoms with Crippen LogP contribution in [0.5, 0.6) is 0 Å². The van der Waals surface area contributed by atoms with Gasteiger partial charge in [-0.3, -0.25) is 14.3 Å². The maximum atomic E-state index is 13.1. The molecule has 0 unspecified atom stereocenters. The van der Waals surface area contributed by atoms with Gasteiger partial charge < -0.3 is 4.57 Å². The standard InChI is InChI=1S/C22H21N3O2S/c1-23-20-11-13-24(12-5-9-18-10-6-14-28-18)16-19(20)21(26)25(22(23)27)15-17-7-3-2-4-8-17/h2-4,6-8,10,14H,11-13,15-16H2,1H3. The first-order chi connectivity index (χ1) is 13.6. The Hall–Kier alpha value is -2.88. The summed E-state index contributed by atoms with van der Waals surface area (Å²) in [6.07, 6.45) is 0.684. The Morgan fingerprint density at radius 2 is 1.93 bits per heavy atom. The van der Waals surface area contributed by atoms with E-state index in [1.807, 2.05) is 47.8 Å². The predicted octanol–water partition coefficient (Wildman–Crippen LogP) is 2.07. The average Bonchev–Trinajstić information content (AvgIpc) is 3.24. The molecule has 0 spiro atoms. The van der Waals surface area contributed by atoms with E-state index in [9.17, 15) is 9.59 Å². The van der Waals surface area contributed by atoms with Crippen LogP contribution in [0, 0.1) is 11.8 Å². The van der Waals surface area contributed by atoms with Crippen molar-refractivity contribution in [2.24, 2.45) is 7.05 Å². The van der Waals surface area contributed by atoms with Gasteiger partial charge in [-0.15, -0.1) is 11.3 Å². The molecule has 1 aliphatic rings. The molecule has 0 atom stereocenters. The van der Waals surface area contributed by atoms with E-state index in [1.54, 1.807) is 23.0 Å². The molecular formula is C22H21N3O2S. The molecule has 5 nitrogen and oxygen atoms in total. The molecule has 6 heteroatoms. The monoisotopic (exact) mass is 391 g/mol. The van der Waals surface area contributed by atoms with Crippen molar-refractivity contribution in [1.82, 2.24) is 14.0 Å². The van der Waals surface area contributed by atoms with Crippen molar-refractivity contribution in [1.29, 1.82) is 0 Å². The molecule has 2 aromatic heterocycles. The lowest BCUT2D eigenvalue weighted by molar-refractivity contribution is 0.275. The van der Waals surface area contributed by atoms with Crippen LogP contribution in [-0.2, 0) is 26.6 Å². The molecule has 0 bridgehead atoms. The minimum atomic E-state index is -0.251. The number of benzene rings is 1. The van der Waals surface area contributed by atoms with Crippen LogP contribution >= 0.6 is 11.3 Å². The van der Waals surface area contributed by atoms with Crippen LogP contribution in [0.3, 0.4) is 0 Å². The molecule has 3 aromatic rings. The Bertz CT molecular complexity index is 1150. The van der Waals surface area contributed by atoms with E-state index in [0.717, 1.165) is 22.7 Å². The first kappa shape index (κ1) is 18.5. The molecule has 0 amide bonds. The molecule has 28 heavy (non-hydrogen) atoms. The minimum Gasteiger partial charge on any atom is -0.300 e. The molecule has 0 saturated heterocycles. The molecule has 0 aliphatic carbocycles. The van der Waals surface area contributed by atoms with Gasteiger partial charge in [0.2, 0.25) is 0 Å². The molecule has 1 aliphatic heterocycles. The van der Waals surface area contributed by atoms with Crippen LogP contribution in [0.4, 0.5) is 0 Å². The zero-order chi connectivity index (χ0) is 19.5. The second kappa shape index (κ2) is 8.01. The first-order valence-electron chi connectivity index (χ1n) is 9.23. The van der Waals surface area contributed by atoms with Gasteiger partial charge in [0.15, 0.2) is 0 Å². The fourth-order valence-electron chi connectivity index (χ4n) is 3.54. The Labute approximate surface area is 167 Å². The van der Waals surface area contributed by atoms with Crippen molar-refractivity contribution in [3.05, 3.63) is 90.4 Å². The summed E-state index contributed by atoms with van der Waals surface area (Å²) >= 11 is 1.62. The van der Waals surface area contributed by atoms with Crippen molar-refractivity contribution >= 4 is 11.3 Å². The summed E-state index contributed by atoms with van der Waals surface area (Å²) in [6, 6.07) is 13.6. The Balaban J connectivity index is 1.61. The van der Waals surface area contributed by atoms with Crippen LogP contribution in [0.25, 0.3) is 0 Å². The predicted molar refractivity (Wildman–Crippen MR) is 112 cm³/mol. The smallest absolute Gasteiger partial charge is 0.300 e. The molecule has 1 aromatic carbocycles. The van der Waals surface area contributed by atoms with Crippen LogP contribution in [0.2, 0.25) is 0 Å². The maximum absolute atomic E-state index is 13.1. The van der Waals surface area contributed by atoms with Crippen molar-refractivity contribution in [2.45, 2.75) is 19.5 Å². The number of thiophene rings is 1. The van der Waals surface area contributed by atoms with Gasteiger partial charge in [-0.2, -0.15) is 0 Å². The fraction of sp³-hybridized carbons (Fsp3) is 0.273. The number of hydrogen-bond donors (Lipinski definition) is 0. The Morgan fingerprint density at radius 3 is 2.68 bits per heavy atom. The number of fused-ring (bicyclic) bond motifs is 1. The minimum absolute atomic E-state index is 0.183. The van der Waals surface area contributed by atoms with E-state index in [4.69, 9.17) is 0 Å². The van der Waals surface area contributed by atoms with Gasteiger partial charge in [-0.1, -0.05) is 48.2 Å². The molecule has 0 radical (unpaired) electrons. The van der Waals surface area contributed by atoms with Crippen molar-refractivity contribution in [3.63, 3.8) is 0 Å². The van der Waals surface area contributed by atoms with Crippen LogP contribution in [-0.4, -0.2) is 27.1 Å². The molecule has 0 N–H and O–H groups in total. The van der Waals surface area contributed by atoms with Gasteiger partial charge in [-0.05, 0) is 17.0 Å². The summed E-state index contributed by atoms with van der Waals surface area (Å²) in [4.78, 5) is 29.0. The molecular weight excluding hydrogens is 370 g/mol. The maximum Gasteiger partial charge on any atom is 0.331 e. The van der Waals surface area contributed by atoms with Crippen LogP contribution in [0.1, 0.15) is 21.7 Å². The SMILES string of the molecule is Cn1c2c(c(=O)n(Cc3ccccc3)c1=O)CN(CC#Cc1cccs1)CC2. The summed E-state index contributed by atoms with van der Waals surface area (Å²) in [6.45, 7) is 2.22. The number of rotatable bonds is 3. The highest BCUT2D eigenvalue weighted by molar-refractivity contribution is 7.10. The van der Waals surface area contributed by atoms with E-state index < -0.39 is 0 Å². The quantitative estimate of drug-likeness (QED) is 0.642. The third kappa shape index (κ3) is 3.72. The van der Waals surface area contributed by atoms with Gasteiger partial charge in [0.1, 0.15) is 0 Å². The van der Waals surface area contributed by atoms with Crippen LogP contribution < -0.4 is 11.2 Å². The Morgan fingerprint density at radius 1 is 1.11 bits per heavy atom. The second-order valence-corrected chi connectivity index (χ2v) is 7.83. The highest BCUT2D eigenvalue weighted by Gasteiger charge is 2.23. The van der Waals surface area contributed by atoms with Crippen molar-refractivity contribution in [2.75, 3.05) is 13.1 Å². The third-order valence-corrected chi connectivity index (χ3v) is 5.83. The van der Waals surface area contributed by atoms with Crippen molar-refractivity contribution < 1.29 is 0 Å². The largest absolute Gasteiger partial charge is 0.331 e. The van der Waals surface area contributed by atoms with Gasteiger partial charge in [0.05, 0.1) is 23.5 Å². The van der Waals surface area contributed by atoms with E-state index >= 15 is 0 Å². The lowest BCUT2D eigenvalue weighted by atomic mass is 10.1. The normalized spacial score (nSPS) is 13.6. The van der Waals surface area contributed by atoms with Gasteiger partial charge in [0, 0.05) is 32.3 Å².